The number of H-pyrrole nitrogens is 1. The SMILES string of the molecule is O=C(Nc1nc2cc([N+](=O)[O-])ccc2[nH]1)c1csc(NC(=O)c2ccccc2OC(F)(F)F)n1. The molecule has 4 rings (SSSR count). The Balaban J connectivity index is 1.45. The number of hydrogen-bond acceptors (Lipinski definition) is 8. The van der Waals surface area contributed by atoms with Crippen LogP contribution in [0.25, 0.3) is 11.0 Å². The third kappa shape index (κ3) is 5.09. The van der Waals surface area contributed by atoms with Crippen molar-refractivity contribution in [2.45, 2.75) is 6.36 Å². The third-order valence-corrected chi connectivity index (χ3v) is 4.98. The molecule has 0 unspecified atom stereocenters. The van der Waals surface area contributed by atoms with Crippen molar-refractivity contribution in [3.05, 3.63) is 69.2 Å². The summed E-state index contributed by atoms with van der Waals surface area (Å²) in [6.07, 6.45) is -4.98. The van der Waals surface area contributed by atoms with Crippen molar-refractivity contribution in [2.75, 3.05) is 10.6 Å². The molecule has 11 nitrogen and oxygen atoms in total. The van der Waals surface area contributed by atoms with Crippen molar-refractivity contribution >= 4 is 51.0 Å². The Morgan fingerprint density at radius 1 is 1.09 bits per heavy atom. The van der Waals surface area contributed by atoms with Gasteiger partial charge in [0.15, 0.2) is 5.13 Å². The Bertz CT molecular complexity index is 1420. The quantitative estimate of drug-likeness (QED) is 0.268. The molecule has 0 saturated heterocycles. The molecule has 3 N–H and O–H groups in total. The van der Waals surface area contributed by atoms with E-state index in [-0.39, 0.29) is 33.5 Å². The van der Waals surface area contributed by atoms with Crippen molar-refractivity contribution in [1.29, 1.82) is 0 Å². The Labute approximate surface area is 190 Å². The Morgan fingerprint density at radius 3 is 2.59 bits per heavy atom. The Hall–Kier alpha value is -4.53. The van der Waals surface area contributed by atoms with E-state index in [1.54, 1.807) is 0 Å². The number of aromatic nitrogens is 3. The normalized spacial score (nSPS) is 11.3. The lowest BCUT2D eigenvalue weighted by atomic mass is 10.2. The van der Waals surface area contributed by atoms with Gasteiger partial charge in [0.05, 0.1) is 21.5 Å². The monoisotopic (exact) mass is 492 g/mol. The Kier molecular flexibility index (Phi) is 5.85. The molecule has 0 aliphatic heterocycles. The van der Waals surface area contributed by atoms with Crippen LogP contribution in [-0.2, 0) is 0 Å². The maximum absolute atomic E-state index is 12.6. The summed E-state index contributed by atoms with van der Waals surface area (Å²) in [7, 11) is 0. The standard InChI is InChI=1S/C19H11F3N6O5S/c20-19(21,22)33-14-4-2-1-3-10(14)15(29)27-18-25-13(8-34-18)16(30)26-17-23-11-6-5-9(28(31)32)7-12(11)24-17/h1-8H,(H,25,27,29)(H2,23,24,26,30). The highest BCUT2D eigenvalue weighted by atomic mass is 32.1. The zero-order chi connectivity index (χ0) is 24.5. The van der Waals surface area contributed by atoms with Crippen molar-refractivity contribution in [3.8, 4) is 5.75 Å². The van der Waals surface area contributed by atoms with Crippen molar-refractivity contribution in [3.63, 3.8) is 0 Å². The number of anilines is 2. The molecule has 0 atom stereocenters. The lowest BCUT2D eigenvalue weighted by Crippen LogP contribution is -2.21. The molecule has 0 fully saturated rings. The first-order chi connectivity index (χ1) is 16.1. The number of nitrogens with one attached hydrogen (secondary N) is 3. The molecule has 0 saturated carbocycles. The maximum Gasteiger partial charge on any atom is 0.573 e. The summed E-state index contributed by atoms with van der Waals surface area (Å²) in [4.78, 5) is 45.9. The van der Waals surface area contributed by atoms with Gasteiger partial charge in [0.25, 0.3) is 17.5 Å². The number of non-ortho nitro benzene ring substituents is 1. The van der Waals surface area contributed by atoms with E-state index in [2.05, 4.69) is 30.3 Å². The molecule has 2 aromatic heterocycles. The van der Waals surface area contributed by atoms with Crippen LogP contribution in [-0.4, -0.2) is 38.1 Å². The summed E-state index contributed by atoms with van der Waals surface area (Å²) >= 11 is 0.868. The number of imidazole rings is 1. The number of carbonyl (C=O) groups is 2. The van der Waals surface area contributed by atoms with Gasteiger partial charge in [-0.05, 0) is 18.2 Å². The number of aromatic amines is 1. The molecule has 0 radical (unpaired) electrons. The van der Waals surface area contributed by atoms with Gasteiger partial charge >= 0.3 is 6.36 Å². The molecule has 34 heavy (non-hydrogen) atoms. The minimum absolute atomic E-state index is 0.0114. The number of carbonyl (C=O) groups excluding carboxylic acids is 2. The fourth-order valence-corrected chi connectivity index (χ4v) is 3.49. The summed E-state index contributed by atoms with van der Waals surface area (Å²) < 4.78 is 41.5. The van der Waals surface area contributed by atoms with Crippen LogP contribution < -0.4 is 15.4 Å². The average Bonchev–Trinajstić information content (AvgIpc) is 3.38. The third-order valence-electron chi connectivity index (χ3n) is 4.22. The topological polar surface area (TPSA) is 152 Å². The number of thiazole rings is 1. The van der Waals surface area contributed by atoms with E-state index in [4.69, 9.17) is 0 Å². The molecular formula is C19H11F3N6O5S. The lowest BCUT2D eigenvalue weighted by molar-refractivity contribution is -0.384. The first-order valence-corrected chi connectivity index (χ1v) is 10.0. The Morgan fingerprint density at radius 2 is 1.85 bits per heavy atom. The molecule has 2 aromatic carbocycles. The minimum atomic E-state index is -4.98. The van der Waals surface area contributed by atoms with Gasteiger partial charge in [0, 0.05) is 17.5 Å². The summed E-state index contributed by atoms with van der Waals surface area (Å²) in [5.41, 5.74) is 0.0604. The van der Waals surface area contributed by atoms with Crippen LogP contribution in [0.5, 0.6) is 5.75 Å². The lowest BCUT2D eigenvalue weighted by Gasteiger charge is -2.12. The summed E-state index contributed by atoms with van der Waals surface area (Å²) in [6, 6.07) is 8.72. The van der Waals surface area contributed by atoms with E-state index in [0.29, 0.717) is 5.52 Å². The molecule has 2 amide bonds. The summed E-state index contributed by atoms with van der Waals surface area (Å²) in [6.45, 7) is 0. The van der Waals surface area contributed by atoms with Gasteiger partial charge < -0.3 is 9.72 Å². The van der Waals surface area contributed by atoms with E-state index in [1.807, 2.05) is 0 Å². The molecule has 0 aliphatic carbocycles. The van der Waals surface area contributed by atoms with Gasteiger partial charge in [-0.3, -0.25) is 30.3 Å². The number of fused-ring (bicyclic) bond motifs is 1. The van der Waals surface area contributed by atoms with Crippen molar-refractivity contribution < 1.29 is 32.4 Å². The molecule has 0 aliphatic rings. The first-order valence-electron chi connectivity index (χ1n) is 9.16. The number of nitrogens with zero attached hydrogens (tertiary/aromatic N) is 3. The van der Waals surface area contributed by atoms with Crippen LogP contribution in [0.15, 0.2) is 47.8 Å². The number of ether oxygens (including phenoxy) is 1. The summed E-state index contributed by atoms with van der Waals surface area (Å²) in [5, 5.41) is 16.9. The summed E-state index contributed by atoms with van der Waals surface area (Å²) in [5.74, 6) is -2.30. The van der Waals surface area contributed by atoms with Crippen LogP contribution in [0.2, 0.25) is 0 Å². The van der Waals surface area contributed by atoms with E-state index >= 15 is 0 Å². The van der Waals surface area contributed by atoms with Crippen LogP contribution in [0.4, 0.5) is 29.9 Å². The highest BCUT2D eigenvalue weighted by molar-refractivity contribution is 7.14. The molecular weight excluding hydrogens is 481 g/mol. The zero-order valence-electron chi connectivity index (χ0n) is 16.5. The predicted octanol–water partition coefficient (Wildman–Crippen LogP) is 4.33. The number of halogens is 3. The maximum atomic E-state index is 12.6. The van der Waals surface area contributed by atoms with E-state index in [9.17, 15) is 32.9 Å². The van der Waals surface area contributed by atoms with E-state index in [1.165, 1.54) is 35.7 Å². The predicted molar refractivity (Wildman–Crippen MR) is 114 cm³/mol. The molecule has 2 heterocycles. The largest absolute Gasteiger partial charge is 0.573 e. The van der Waals surface area contributed by atoms with Gasteiger partial charge in [-0.2, -0.15) is 0 Å². The number of alkyl halides is 3. The fourth-order valence-electron chi connectivity index (χ4n) is 2.81. The van der Waals surface area contributed by atoms with Gasteiger partial charge in [-0.25, -0.2) is 9.97 Å². The number of benzene rings is 2. The van der Waals surface area contributed by atoms with Gasteiger partial charge in [-0.15, -0.1) is 24.5 Å². The molecule has 0 bridgehead atoms. The van der Waals surface area contributed by atoms with Crippen molar-refractivity contribution in [2.24, 2.45) is 0 Å². The van der Waals surface area contributed by atoms with Crippen LogP contribution in [0.3, 0.4) is 0 Å². The number of nitro groups is 1. The second kappa shape index (κ2) is 8.78. The smallest absolute Gasteiger partial charge is 0.405 e. The van der Waals surface area contributed by atoms with E-state index in [0.717, 1.165) is 23.5 Å². The van der Waals surface area contributed by atoms with E-state index < -0.39 is 28.8 Å². The molecule has 174 valence electrons. The molecule has 0 spiro atoms. The highest BCUT2D eigenvalue weighted by Gasteiger charge is 2.33. The van der Waals surface area contributed by atoms with Gasteiger partial charge in [-0.1, -0.05) is 12.1 Å². The van der Waals surface area contributed by atoms with Gasteiger partial charge in [0.1, 0.15) is 11.4 Å². The fraction of sp³-hybridized carbons (Fsp3) is 0.0526. The molecule has 4 aromatic rings. The molecule has 15 heteroatoms. The van der Waals surface area contributed by atoms with Gasteiger partial charge in [0.2, 0.25) is 5.95 Å². The van der Waals surface area contributed by atoms with Crippen LogP contribution >= 0.6 is 11.3 Å². The first kappa shape index (κ1) is 22.7. The highest BCUT2D eigenvalue weighted by Crippen LogP contribution is 2.27. The zero-order valence-corrected chi connectivity index (χ0v) is 17.4. The average molecular weight is 492 g/mol. The van der Waals surface area contributed by atoms with Crippen molar-refractivity contribution in [1.82, 2.24) is 15.0 Å². The minimum Gasteiger partial charge on any atom is -0.405 e. The number of nitro benzene ring substituents is 1. The second-order valence-electron chi connectivity index (χ2n) is 6.53. The van der Waals surface area contributed by atoms with Crippen LogP contribution in [0.1, 0.15) is 20.8 Å². The number of para-hydroxylation sites is 1. The number of rotatable bonds is 6. The van der Waals surface area contributed by atoms with Crippen LogP contribution in [0, 0.1) is 10.1 Å². The number of hydrogen-bond donors (Lipinski definition) is 3. The second-order valence-corrected chi connectivity index (χ2v) is 7.39. The number of amides is 2.